The lowest BCUT2D eigenvalue weighted by molar-refractivity contribution is 0.102. The van der Waals surface area contributed by atoms with Gasteiger partial charge in [0.1, 0.15) is 5.69 Å². The van der Waals surface area contributed by atoms with Crippen molar-refractivity contribution in [3.63, 3.8) is 0 Å². The molecular formula is C17H11Cl3N4O. The van der Waals surface area contributed by atoms with E-state index in [0.29, 0.717) is 26.4 Å². The summed E-state index contributed by atoms with van der Waals surface area (Å²) in [4.78, 5) is 20.6. The van der Waals surface area contributed by atoms with E-state index in [1.54, 1.807) is 36.4 Å². The summed E-state index contributed by atoms with van der Waals surface area (Å²) in [6, 6.07) is 13.4. The fraction of sp³-hybridized carbons (Fsp3) is 0. The number of benzene rings is 2. The Morgan fingerprint density at radius 1 is 0.880 bits per heavy atom. The molecule has 1 aromatic heterocycles. The summed E-state index contributed by atoms with van der Waals surface area (Å²) in [6.45, 7) is 0. The molecule has 0 radical (unpaired) electrons. The monoisotopic (exact) mass is 392 g/mol. The Hall–Kier alpha value is -2.34. The van der Waals surface area contributed by atoms with Gasteiger partial charge >= 0.3 is 0 Å². The molecule has 3 rings (SSSR count). The lowest BCUT2D eigenvalue weighted by Gasteiger charge is -2.08. The number of halogens is 3. The van der Waals surface area contributed by atoms with Gasteiger partial charge in [0.05, 0.1) is 0 Å². The molecule has 0 unspecified atom stereocenters. The van der Waals surface area contributed by atoms with Gasteiger partial charge in [0.15, 0.2) is 0 Å². The molecule has 1 amide bonds. The smallest absolute Gasteiger partial charge is 0.274 e. The van der Waals surface area contributed by atoms with Crippen LogP contribution in [0.5, 0.6) is 0 Å². The Labute approximate surface area is 159 Å². The fourth-order valence-electron chi connectivity index (χ4n) is 2.06. The first kappa shape index (κ1) is 17.5. The highest BCUT2D eigenvalue weighted by atomic mass is 35.5. The molecule has 0 aliphatic rings. The summed E-state index contributed by atoms with van der Waals surface area (Å²) in [5.74, 6) is -0.131. The molecule has 3 aromatic rings. The van der Waals surface area contributed by atoms with Crippen molar-refractivity contribution in [2.24, 2.45) is 0 Å². The van der Waals surface area contributed by atoms with E-state index in [0.717, 1.165) is 0 Å². The van der Waals surface area contributed by atoms with E-state index in [1.165, 1.54) is 12.3 Å². The molecule has 1 heterocycles. The molecule has 0 aliphatic heterocycles. The molecular weight excluding hydrogens is 383 g/mol. The predicted molar refractivity (Wildman–Crippen MR) is 101 cm³/mol. The molecule has 25 heavy (non-hydrogen) atoms. The highest BCUT2D eigenvalue weighted by Gasteiger charge is 2.10. The van der Waals surface area contributed by atoms with E-state index < -0.39 is 5.91 Å². The third-order valence-electron chi connectivity index (χ3n) is 3.09. The maximum Gasteiger partial charge on any atom is 0.274 e. The van der Waals surface area contributed by atoms with Crippen molar-refractivity contribution in [2.75, 3.05) is 10.6 Å². The van der Waals surface area contributed by atoms with Crippen molar-refractivity contribution in [1.82, 2.24) is 9.97 Å². The van der Waals surface area contributed by atoms with E-state index >= 15 is 0 Å². The summed E-state index contributed by atoms with van der Waals surface area (Å²) >= 11 is 17.8. The van der Waals surface area contributed by atoms with E-state index in [2.05, 4.69) is 20.6 Å². The van der Waals surface area contributed by atoms with Crippen LogP contribution >= 0.6 is 34.8 Å². The first-order chi connectivity index (χ1) is 12.0. The molecule has 0 fully saturated rings. The van der Waals surface area contributed by atoms with Gasteiger partial charge in [-0.2, -0.15) is 0 Å². The maximum atomic E-state index is 12.4. The second kappa shape index (κ2) is 7.70. The van der Waals surface area contributed by atoms with Crippen LogP contribution in [0.4, 0.5) is 17.3 Å². The molecule has 2 aromatic carbocycles. The van der Waals surface area contributed by atoms with Crippen LogP contribution in [0.2, 0.25) is 15.1 Å². The average Bonchev–Trinajstić information content (AvgIpc) is 2.54. The van der Waals surface area contributed by atoms with Crippen molar-refractivity contribution in [2.45, 2.75) is 0 Å². The first-order valence-electron chi connectivity index (χ1n) is 7.13. The van der Waals surface area contributed by atoms with E-state index in [-0.39, 0.29) is 11.6 Å². The Balaban J connectivity index is 1.77. The fourth-order valence-corrected chi connectivity index (χ4v) is 2.78. The van der Waals surface area contributed by atoms with Crippen LogP contribution in [-0.2, 0) is 0 Å². The highest BCUT2D eigenvalue weighted by Crippen LogP contribution is 2.23. The summed E-state index contributed by atoms with van der Waals surface area (Å²) in [5, 5.41) is 7.12. The van der Waals surface area contributed by atoms with Gasteiger partial charge < -0.3 is 10.6 Å². The number of nitrogens with one attached hydrogen (secondary N) is 2. The van der Waals surface area contributed by atoms with Crippen LogP contribution in [-0.4, -0.2) is 15.9 Å². The minimum Gasteiger partial charge on any atom is -0.324 e. The van der Waals surface area contributed by atoms with Crippen LogP contribution in [0.25, 0.3) is 0 Å². The molecule has 0 saturated carbocycles. The van der Waals surface area contributed by atoms with Crippen molar-refractivity contribution in [1.29, 1.82) is 0 Å². The normalized spacial score (nSPS) is 10.4. The average molecular weight is 394 g/mol. The quantitative estimate of drug-likeness (QED) is 0.620. The number of carbonyl (C=O) groups excluding carboxylic acids is 1. The van der Waals surface area contributed by atoms with Gasteiger partial charge in [-0.1, -0.05) is 40.9 Å². The molecule has 126 valence electrons. The second-order valence-electron chi connectivity index (χ2n) is 5.01. The molecule has 8 heteroatoms. The number of rotatable bonds is 4. The largest absolute Gasteiger partial charge is 0.324 e. The Bertz CT molecular complexity index is 913. The Morgan fingerprint density at radius 3 is 2.32 bits per heavy atom. The zero-order valence-corrected chi connectivity index (χ0v) is 14.9. The summed E-state index contributed by atoms with van der Waals surface area (Å²) in [7, 11) is 0. The second-order valence-corrected chi connectivity index (χ2v) is 6.32. The number of carbonyl (C=O) groups is 1. The molecule has 0 aliphatic carbocycles. The van der Waals surface area contributed by atoms with Crippen molar-refractivity contribution in [3.05, 3.63) is 75.5 Å². The highest BCUT2D eigenvalue weighted by molar-refractivity contribution is 6.35. The van der Waals surface area contributed by atoms with E-state index in [1.807, 2.05) is 6.07 Å². The van der Waals surface area contributed by atoms with Gasteiger partial charge in [-0.05, 0) is 42.5 Å². The number of amides is 1. The zero-order chi connectivity index (χ0) is 17.8. The van der Waals surface area contributed by atoms with Crippen molar-refractivity contribution in [3.8, 4) is 0 Å². The molecule has 0 spiro atoms. The lowest BCUT2D eigenvalue weighted by Crippen LogP contribution is -2.14. The Morgan fingerprint density at radius 2 is 1.60 bits per heavy atom. The minimum absolute atomic E-state index is 0.190. The van der Waals surface area contributed by atoms with Crippen LogP contribution in [0.1, 0.15) is 10.5 Å². The standard InChI is InChI=1S/C17H11Cl3N4O/c18-10-2-1-3-13(7-10)23-17-21-5-4-15(24-17)16(25)22-14-8-11(19)6-12(20)9-14/h1-9H,(H,22,25)(H,21,23,24). The SMILES string of the molecule is O=C(Nc1cc(Cl)cc(Cl)c1)c1ccnc(Nc2cccc(Cl)c2)n1. The van der Waals surface area contributed by atoms with Crippen LogP contribution in [0.15, 0.2) is 54.7 Å². The molecule has 0 atom stereocenters. The lowest BCUT2D eigenvalue weighted by atomic mass is 10.3. The number of aromatic nitrogens is 2. The third kappa shape index (κ3) is 4.82. The van der Waals surface area contributed by atoms with Crippen LogP contribution in [0.3, 0.4) is 0 Å². The zero-order valence-electron chi connectivity index (χ0n) is 12.6. The van der Waals surface area contributed by atoms with Gasteiger partial charge in [0.2, 0.25) is 5.95 Å². The van der Waals surface area contributed by atoms with Gasteiger partial charge in [0, 0.05) is 32.6 Å². The van der Waals surface area contributed by atoms with Gasteiger partial charge in [-0.3, -0.25) is 4.79 Å². The third-order valence-corrected chi connectivity index (χ3v) is 3.76. The van der Waals surface area contributed by atoms with Crippen molar-refractivity contribution < 1.29 is 4.79 Å². The predicted octanol–water partition coefficient (Wildman–Crippen LogP) is 5.43. The molecule has 0 bridgehead atoms. The van der Waals surface area contributed by atoms with Gasteiger partial charge in [-0.15, -0.1) is 0 Å². The number of nitrogens with zero attached hydrogens (tertiary/aromatic N) is 2. The molecule has 5 nitrogen and oxygen atoms in total. The summed E-state index contributed by atoms with van der Waals surface area (Å²) in [6.07, 6.45) is 1.49. The van der Waals surface area contributed by atoms with Crippen molar-refractivity contribution >= 4 is 58.0 Å². The Kier molecular flexibility index (Phi) is 5.38. The molecule has 2 N–H and O–H groups in total. The number of hydrogen-bond donors (Lipinski definition) is 2. The van der Waals surface area contributed by atoms with E-state index in [9.17, 15) is 4.79 Å². The number of hydrogen-bond acceptors (Lipinski definition) is 4. The topological polar surface area (TPSA) is 66.9 Å². The molecule has 0 saturated heterocycles. The maximum absolute atomic E-state index is 12.4. The van der Waals surface area contributed by atoms with Gasteiger partial charge in [-0.25, -0.2) is 9.97 Å². The number of anilines is 3. The van der Waals surface area contributed by atoms with E-state index in [4.69, 9.17) is 34.8 Å². The summed E-state index contributed by atoms with van der Waals surface area (Å²) < 4.78 is 0. The van der Waals surface area contributed by atoms with Gasteiger partial charge in [0.25, 0.3) is 5.91 Å². The summed E-state index contributed by atoms with van der Waals surface area (Å²) in [5.41, 5.74) is 1.38. The first-order valence-corrected chi connectivity index (χ1v) is 8.26. The van der Waals surface area contributed by atoms with Crippen LogP contribution in [0, 0.1) is 0 Å². The minimum atomic E-state index is -0.408. The van der Waals surface area contributed by atoms with Crippen LogP contribution < -0.4 is 10.6 Å².